The van der Waals surface area contributed by atoms with Crippen LogP contribution in [0.4, 0.5) is 11.4 Å². The zero-order chi connectivity index (χ0) is 21.1. The fourth-order valence-electron chi connectivity index (χ4n) is 3.22. The molecule has 0 heterocycles. The molecule has 7 heteroatoms. The van der Waals surface area contributed by atoms with Crippen LogP contribution >= 0.6 is 11.6 Å². The Hall–Kier alpha value is -2.05. The lowest BCUT2D eigenvalue weighted by Crippen LogP contribution is -2.47. The quantitative estimate of drug-likeness (QED) is 0.686. The summed E-state index contributed by atoms with van der Waals surface area (Å²) in [4.78, 5) is 13.2. The van der Waals surface area contributed by atoms with Crippen LogP contribution in [0.15, 0.2) is 42.5 Å². The second kappa shape index (κ2) is 8.97. The third-order valence-electron chi connectivity index (χ3n) is 4.57. The van der Waals surface area contributed by atoms with Crippen molar-refractivity contribution in [3.63, 3.8) is 0 Å². The molecule has 2 rings (SSSR count). The number of nitrogens with one attached hydrogen (secondary N) is 1. The number of carbonyl (C=O) groups excluding carboxylic acids is 1. The molecular weight excluding hydrogens is 396 g/mol. The summed E-state index contributed by atoms with van der Waals surface area (Å²) in [6.07, 6.45) is 1.41. The molecule has 0 unspecified atom stereocenters. The molecule has 2 aromatic carbocycles. The maximum absolute atomic E-state index is 13.2. The molecule has 0 aliphatic rings. The predicted octanol–water partition coefficient (Wildman–Crippen LogP) is 4.96. The van der Waals surface area contributed by atoms with Gasteiger partial charge < -0.3 is 5.32 Å². The fraction of sp³-hybridized carbons (Fsp3) is 0.381. The van der Waals surface area contributed by atoms with E-state index in [1.54, 1.807) is 31.2 Å². The zero-order valence-electron chi connectivity index (χ0n) is 16.9. The second-order valence-corrected chi connectivity index (χ2v) is 9.44. The van der Waals surface area contributed by atoms with Gasteiger partial charge in [0.05, 0.1) is 11.9 Å². The summed E-state index contributed by atoms with van der Waals surface area (Å²) < 4.78 is 26.2. The lowest BCUT2D eigenvalue weighted by molar-refractivity contribution is -0.117. The van der Waals surface area contributed by atoms with Gasteiger partial charge in [-0.3, -0.25) is 9.10 Å². The van der Waals surface area contributed by atoms with Gasteiger partial charge in [0.15, 0.2) is 0 Å². The molecule has 2 aromatic rings. The Kier molecular flexibility index (Phi) is 7.12. The summed E-state index contributed by atoms with van der Waals surface area (Å²) in [5, 5.41) is 3.38. The molecule has 1 N–H and O–H groups in total. The average Bonchev–Trinajstić information content (AvgIpc) is 2.59. The summed E-state index contributed by atoms with van der Waals surface area (Å²) in [5.74, 6) is -0.154. The molecular formula is C21H27ClN2O3S. The van der Waals surface area contributed by atoms with Crippen LogP contribution in [0.2, 0.25) is 5.02 Å². The Bertz CT molecular complexity index is 958. The summed E-state index contributed by atoms with van der Waals surface area (Å²) in [7, 11) is -3.71. The van der Waals surface area contributed by atoms with Gasteiger partial charge in [0.25, 0.3) is 0 Å². The third-order valence-corrected chi connectivity index (χ3v) is 5.98. The summed E-state index contributed by atoms with van der Waals surface area (Å²) >= 11 is 6.05. The third kappa shape index (κ3) is 5.06. The van der Waals surface area contributed by atoms with E-state index in [0.29, 0.717) is 17.1 Å². The molecule has 0 radical (unpaired) electrons. The number of hydrogen-bond acceptors (Lipinski definition) is 3. The molecule has 0 aliphatic carbocycles. The number of benzene rings is 2. The van der Waals surface area contributed by atoms with Crippen molar-refractivity contribution >= 4 is 38.9 Å². The molecule has 1 amide bonds. The van der Waals surface area contributed by atoms with E-state index in [9.17, 15) is 13.2 Å². The fourth-order valence-corrected chi connectivity index (χ4v) is 4.61. The molecule has 1 atom stereocenters. The first kappa shape index (κ1) is 22.2. The Labute approximate surface area is 172 Å². The van der Waals surface area contributed by atoms with Crippen LogP contribution in [-0.2, 0) is 14.8 Å². The lowest BCUT2D eigenvalue weighted by atomic mass is 9.98. The van der Waals surface area contributed by atoms with E-state index in [1.807, 2.05) is 25.1 Å². The monoisotopic (exact) mass is 422 g/mol. The van der Waals surface area contributed by atoms with Gasteiger partial charge in [-0.05, 0) is 48.6 Å². The van der Waals surface area contributed by atoms with Crippen molar-refractivity contribution in [1.29, 1.82) is 0 Å². The number of sulfonamides is 1. The summed E-state index contributed by atoms with van der Waals surface area (Å²) in [6.45, 7) is 7.81. The maximum Gasteiger partial charge on any atom is 0.248 e. The minimum atomic E-state index is -3.71. The highest BCUT2D eigenvalue weighted by Gasteiger charge is 2.32. The van der Waals surface area contributed by atoms with Crippen molar-refractivity contribution in [2.45, 2.75) is 46.1 Å². The molecule has 0 aromatic heterocycles. The molecule has 5 nitrogen and oxygen atoms in total. The molecule has 0 fully saturated rings. The van der Waals surface area contributed by atoms with Crippen LogP contribution < -0.4 is 9.62 Å². The number of rotatable bonds is 7. The van der Waals surface area contributed by atoms with Crippen molar-refractivity contribution in [2.75, 3.05) is 15.9 Å². The van der Waals surface area contributed by atoms with Gasteiger partial charge in [-0.2, -0.15) is 0 Å². The summed E-state index contributed by atoms with van der Waals surface area (Å²) in [5.41, 5.74) is 3.05. The van der Waals surface area contributed by atoms with Crippen molar-refractivity contribution in [3.05, 3.63) is 58.6 Å². The second-order valence-electron chi connectivity index (χ2n) is 7.15. The normalized spacial score (nSPS) is 12.7. The first-order valence-corrected chi connectivity index (χ1v) is 11.4. The number of halogens is 1. The van der Waals surface area contributed by atoms with Gasteiger partial charge >= 0.3 is 0 Å². The number of para-hydroxylation sites is 1. The number of hydrogen-bond donors (Lipinski definition) is 1. The average molecular weight is 423 g/mol. The minimum Gasteiger partial charge on any atom is -0.324 e. The van der Waals surface area contributed by atoms with E-state index in [0.717, 1.165) is 27.4 Å². The highest BCUT2D eigenvalue weighted by molar-refractivity contribution is 7.92. The van der Waals surface area contributed by atoms with Gasteiger partial charge in [0.2, 0.25) is 15.9 Å². The van der Waals surface area contributed by atoms with Crippen LogP contribution in [0, 0.1) is 6.92 Å². The highest BCUT2D eigenvalue weighted by Crippen LogP contribution is 2.30. The Morgan fingerprint density at radius 3 is 2.36 bits per heavy atom. The summed E-state index contributed by atoms with van der Waals surface area (Å²) in [6, 6.07) is 11.5. The number of amides is 1. The molecule has 0 aliphatic heterocycles. The van der Waals surface area contributed by atoms with Crippen LogP contribution in [0.25, 0.3) is 0 Å². The molecule has 28 heavy (non-hydrogen) atoms. The number of nitrogens with zero attached hydrogens (tertiary/aromatic N) is 1. The zero-order valence-corrected chi connectivity index (χ0v) is 18.4. The Morgan fingerprint density at radius 1 is 1.18 bits per heavy atom. The SMILES string of the molecule is CC[C@@H](C(=O)Nc1c(C)cccc1C(C)C)N(c1cccc(Cl)c1)S(C)(=O)=O. The van der Waals surface area contributed by atoms with E-state index < -0.39 is 16.1 Å². The molecule has 152 valence electrons. The largest absolute Gasteiger partial charge is 0.324 e. The van der Waals surface area contributed by atoms with Gasteiger partial charge in [-0.25, -0.2) is 8.42 Å². The molecule has 0 saturated heterocycles. The molecule has 0 bridgehead atoms. The van der Waals surface area contributed by atoms with Crippen molar-refractivity contribution in [2.24, 2.45) is 0 Å². The number of carbonyl (C=O) groups is 1. The van der Waals surface area contributed by atoms with Gasteiger partial charge in [0, 0.05) is 10.7 Å². The van der Waals surface area contributed by atoms with E-state index >= 15 is 0 Å². The van der Waals surface area contributed by atoms with Crippen LogP contribution in [0.3, 0.4) is 0 Å². The van der Waals surface area contributed by atoms with Gasteiger partial charge in [-0.15, -0.1) is 0 Å². The first-order chi connectivity index (χ1) is 13.1. The maximum atomic E-state index is 13.2. The van der Waals surface area contributed by atoms with E-state index in [4.69, 9.17) is 11.6 Å². The molecule has 0 saturated carbocycles. The smallest absolute Gasteiger partial charge is 0.248 e. The Morgan fingerprint density at radius 2 is 1.82 bits per heavy atom. The highest BCUT2D eigenvalue weighted by atomic mass is 35.5. The van der Waals surface area contributed by atoms with E-state index in [-0.39, 0.29) is 11.8 Å². The lowest BCUT2D eigenvalue weighted by Gasteiger charge is -2.30. The Balaban J connectivity index is 2.47. The van der Waals surface area contributed by atoms with Crippen molar-refractivity contribution < 1.29 is 13.2 Å². The first-order valence-electron chi connectivity index (χ1n) is 9.21. The topological polar surface area (TPSA) is 66.5 Å². The standard InChI is InChI=1S/C21H27ClN2O3S/c1-6-19(24(28(5,26)27)17-11-8-10-16(22)13-17)21(25)23-20-15(4)9-7-12-18(20)14(2)3/h7-14,19H,6H2,1-5H3,(H,23,25)/t19-/m0/s1. The van der Waals surface area contributed by atoms with Crippen LogP contribution in [0.1, 0.15) is 44.2 Å². The number of aryl methyl sites for hydroxylation is 1. The van der Waals surface area contributed by atoms with Crippen LogP contribution in [0.5, 0.6) is 0 Å². The predicted molar refractivity (Wildman–Crippen MR) is 117 cm³/mol. The van der Waals surface area contributed by atoms with Crippen LogP contribution in [-0.4, -0.2) is 26.6 Å². The number of anilines is 2. The minimum absolute atomic E-state index is 0.217. The molecule has 0 spiro atoms. The van der Waals surface area contributed by atoms with E-state index in [2.05, 4.69) is 19.2 Å². The van der Waals surface area contributed by atoms with Gasteiger partial charge in [-0.1, -0.05) is 56.6 Å². The van der Waals surface area contributed by atoms with E-state index in [1.165, 1.54) is 0 Å². The van der Waals surface area contributed by atoms with Crippen molar-refractivity contribution in [3.8, 4) is 0 Å². The van der Waals surface area contributed by atoms with Crippen molar-refractivity contribution in [1.82, 2.24) is 0 Å². The van der Waals surface area contributed by atoms with Gasteiger partial charge in [0.1, 0.15) is 6.04 Å².